The van der Waals surface area contributed by atoms with Gasteiger partial charge in [0.25, 0.3) is 0 Å². The fraction of sp³-hybridized carbons (Fsp3) is 0.364. The van der Waals surface area contributed by atoms with Crippen LogP contribution in [-0.2, 0) is 6.54 Å². The summed E-state index contributed by atoms with van der Waals surface area (Å²) in [5, 5.41) is 9.34. The molecule has 0 spiro atoms. The number of rotatable bonds is 5. The number of piperazine rings is 1. The molecule has 1 saturated heterocycles. The topological polar surface area (TPSA) is 45.4 Å². The minimum absolute atomic E-state index is 0.111. The first-order chi connectivity index (χ1) is 13.6. The van der Waals surface area contributed by atoms with E-state index in [2.05, 4.69) is 52.0 Å². The molecule has 0 unspecified atom stereocenters. The summed E-state index contributed by atoms with van der Waals surface area (Å²) in [4.78, 5) is 4.86. The predicted molar refractivity (Wildman–Crippen MR) is 111 cm³/mol. The maximum absolute atomic E-state index is 6.10. The second-order valence-corrected chi connectivity index (χ2v) is 7.87. The molecule has 2 aromatic carbocycles. The van der Waals surface area contributed by atoms with Gasteiger partial charge in [-0.25, -0.2) is 0 Å². The third kappa shape index (κ3) is 4.43. The number of halogens is 1. The molecule has 28 heavy (non-hydrogen) atoms. The third-order valence-electron chi connectivity index (χ3n) is 5.35. The lowest BCUT2D eigenvalue weighted by Gasteiger charge is -2.36. The van der Waals surface area contributed by atoms with E-state index < -0.39 is 0 Å². The Labute approximate surface area is 170 Å². The van der Waals surface area contributed by atoms with E-state index in [9.17, 15) is 0 Å². The number of nitrogens with zero attached hydrogens (tertiary/aromatic N) is 4. The summed E-state index contributed by atoms with van der Waals surface area (Å²) in [6.45, 7) is 9.11. The summed E-state index contributed by atoms with van der Waals surface area (Å²) in [7, 11) is 0. The number of aryl methyl sites for hydroxylation is 1. The lowest BCUT2D eigenvalue weighted by Crippen LogP contribution is -2.46. The highest BCUT2D eigenvalue weighted by molar-refractivity contribution is 6.30. The van der Waals surface area contributed by atoms with Crippen molar-refractivity contribution in [3.63, 3.8) is 0 Å². The summed E-state index contributed by atoms with van der Waals surface area (Å²) in [6, 6.07) is 16.4. The van der Waals surface area contributed by atoms with Crippen LogP contribution in [0.2, 0.25) is 5.02 Å². The number of hydrogen-bond donors (Lipinski definition) is 0. The molecule has 1 aliphatic heterocycles. The Morgan fingerprint density at radius 3 is 2.50 bits per heavy atom. The van der Waals surface area contributed by atoms with Crippen LogP contribution in [0.3, 0.4) is 0 Å². The van der Waals surface area contributed by atoms with E-state index in [1.165, 1.54) is 11.1 Å². The molecular formula is C22H25ClN4O. The van der Waals surface area contributed by atoms with Crippen LogP contribution >= 0.6 is 11.6 Å². The zero-order valence-electron chi connectivity index (χ0n) is 16.3. The molecule has 146 valence electrons. The van der Waals surface area contributed by atoms with Gasteiger partial charge in [0.05, 0.1) is 6.04 Å². The molecule has 6 heteroatoms. The molecular weight excluding hydrogens is 372 g/mol. The number of hydrogen-bond acceptors (Lipinski definition) is 5. The summed E-state index contributed by atoms with van der Waals surface area (Å²) in [5.74, 6) is 1.26. The molecule has 2 heterocycles. The average Bonchev–Trinajstić information content (AvgIpc) is 3.19. The molecule has 0 amide bonds. The van der Waals surface area contributed by atoms with Gasteiger partial charge in [0.15, 0.2) is 0 Å². The van der Waals surface area contributed by atoms with E-state index >= 15 is 0 Å². The van der Waals surface area contributed by atoms with Crippen molar-refractivity contribution >= 4 is 11.6 Å². The fourth-order valence-electron chi connectivity index (χ4n) is 3.57. The first-order valence-corrected chi connectivity index (χ1v) is 10.1. The molecule has 0 aliphatic carbocycles. The van der Waals surface area contributed by atoms with Crippen molar-refractivity contribution < 1.29 is 4.42 Å². The highest BCUT2D eigenvalue weighted by Gasteiger charge is 2.25. The molecule has 0 saturated carbocycles. The second kappa shape index (κ2) is 8.43. The van der Waals surface area contributed by atoms with Crippen LogP contribution in [0.15, 0.2) is 52.9 Å². The van der Waals surface area contributed by atoms with Crippen LogP contribution in [0.1, 0.15) is 30.0 Å². The van der Waals surface area contributed by atoms with Gasteiger partial charge in [-0.05, 0) is 43.7 Å². The molecule has 4 rings (SSSR count). The van der Waals surface area contributed by atoms with Gasteiger partial charge in [0, 0.05) is 43.3 Å². The van der Waals surface area contributed by atoms with Crippen molar-refractivity contribution in [3.8, 4) is 11.5 Å². The first kappa shape index (κ1) is 19.1. The summed E-state index contributed by atoms with van der Waals surface area (Å²) in [5.41, 5.74) is 3.43. The smallest absolute Gasteiger partial charge is 0.247 e. The maximum Gasteiger partial charge on any atom is 0.247 e. The van der Waals surface area contributed by atoms with Crippen LogP contribution in [0.5, 0.6) is 0 Å². The van der Waals surface area contributed by atoms with Gasteiger partial charge in [0.1, 0.15) is 0 Å². The highest BCUT2D eigenvalue weighted by atomic mass is 35.5. The maximum atomic E-state index is 6.10. The Hall–Kier alpha value is -2.21. The lowest BCUT2D eigenvalue weighted by molar-refractivity contribution is 0.0876. The van der Waals surface area contributed by atoms with Crippen LogP contribution in [-0.4, -0.2) is 46.2 Å². The predicted octanol–water partition coefficient (Wildman–Crippen LogP) is 4.58. The minimum atomic E-state index is 0.111. The minimum Gasteiger partial charge on any atom is -0.419 e. The van der Waals surface area contributed by atoms with Crippen LogP contribution < -0.4 is 0 Å². The molecule has 1 fully saturated rings. The average molecular weight is 397 g/mol. The summed E-state index contributed by atoms with van der Waals surface area (Å²) < 4.78 is 5.97. The number of aromatic nitrogens is 2. The summed E-state index contributed by atoms with van der Waals surface area (Å²) >= 11 is 6.10. The van der Waals surface area contributed by atoms with E-state index in [4.69, 9.17) is 16.0 Å². The zero-order chi connectivity index (χ0) is 19.5. The Morgan fingerprint density at radius 1 is 1.04 bits per heavy atom. The molecule has 0 radical (unpaired) electrons. The highest BCUT2D eigenvalue weighted by Crippen LogP contribution is 2.25. The van der Waals surface area contributed by atoms with E-state index in [0.717, 1.165) is 43.3 Å². The first-order valence-electron chi connectivity index (χ1n) is 9.70. The SMILES string of the molecule is Cc1ccc(-c2nnc([C@@H](C)N3CCN(Cc4cccc(Cl)c4)CC3)o2)cc1. The molecule has 3 aromatic rings. The molecule has 0 bridgehead atoms. The lowest BCUT2D eigenvalue weighted by atomic mass is 10.1. The van der Waals surface area contributed by atoms with Crippen molar-refractivity contribution in [1.29, 1.82) is 0 Å². The van der Waals surface area contributed by atoms with Gasteiger partial charge in [-0.2, -0.15) is 0 Å². The molecule has 1 aliphatic rings. The fourth-order valence-corrected chi connectivity index (χ4v) is 3.79. The van der Waals surface area contributed by atoms with Crippen LogP contribution in [0.4, 0.5) is 0 Å². The van der Waals surface area contributed by atoms with Gasteiger partial charge in [-0.3, -0.25) is 9.80 Å². The monoisotopic (exact) mass is 396 g/mol. The van der Waals surface area contributed by atoms with Crippen molar-refractivity contribution in [2.24, 2.45) is 0 Å². The van der Waals surface area contributed by atoms with Gasteiger partial charge >= 0.3 is 0 Å². The molecule has 0 N–H and O–H groups in total. The third-order valence-corrected chi connectivity index (χ3v) is 5.58. The Morgan fingerprint density at radius 2 is 1.79 bits per heavy atom. The van der Waals surface area contributed by atoms with Crippen LogP contribution in [0, 0.1) is 6.92 Å². The Kier molecular flexibility index (Phi) is 5.76. The van der Waals surface area contributed by atoms with E-state index in [0.29, 0.717) is 11.8 Å². The van der Waals surface area contributed by atoms with E-state index in [-0.39, 0.29) is 6.04 Å². The number of benzene rings is 2. The van der Waals surface area contributed by atoms with E-state index in [1.807, 2.05) is 30.3 Å². The van der Waals surface area contributed by atoms with Gasteiger partial charge in [-0.1, -0.05) is 41.4 Å². The van der Waals surface area contributed by atoms with Crippen molar-refractivity contribution in [2.45, 2.75) is 26.4 Å². The quantitative estimate of drug-likeness (QED) is 0.631. The standard InChI is InChI=1S/C22H25ClN4O/c1-16-6-8-19(9-7-16)22-25-24-21(28-22)17(2)27-12-10-26(11-13-27)15-18-4-3-5-20(23)14-18/h3-9,14,17H,10-13,15H2,1-2H3/t17-/m1/s1. The Balaban J connectivity index is 1.35. The largest absolute Gasteiger partial charge is 0.419 e. The normalized spacial score (nSPS) is 17.0. The Bertz CT molecular complexity index is 916. The molecule has 5 nitrogen and oxygen atoms in total. The summed E-state index contributed by atoms with van der Waals surface area (Å²) in [6.07, 6.45) is 0. The molecule has 1 aromatic heterocycles. The van der Waals surface area contributed by atoms with Crippen LogP contribution in [0.25, 0.3) is 11.5 Å². The van der Waals surface area contributed by atoms with Gasteiger partial charge < -0.3 is 4.42 Å². The van der Waals surface area contributed by atoms with Gasteiger partial charge in [-0.15, -0.1) is 10.2 Å². The zero-order valence-corrected chi connectivity index (χ0v) is 17.1. The van der Waals surface area contributed by atoms with Gasteiger partial charge in [0.2, 0.25) is 11.8 Å². The van der Waals surface area contributed by atoms with Crippen molar-refractivity contribution in [2.75, 3.05) is 26.2 Å². The van der Waals surface area contributed by atoms with Crippen molar-refractivity contribution in [3.05, 3.63) is 70.6 Å². The van der Waals surface area contributed by atoms with Crippen molar-refractivity contribution in [1.82, 2.24) is 20.0 Å². The second-order valence-electron chi connectivity index (χ2n) is 7.43. The molecule has 1 atom stereocenters. The van der Waals surface area contributed by atoms with E-state index in [1.54, 1.807) is 0 Å².